The Balaban J connectivity index is 0.00000103. The van der Waals surface area contributed by atoms with E-state index in [1.165, 1.54) is 0 Å². The zero-order valence-corrected chi connectivity index (χ0v) is 18.6. The van der Waals surface area contributed by atoms with E-state index in [1.54, 1.807) is 12.1 Å². The lowest BCUT2D eigenvalue weighted by Gasteiger charge is -2.33. The molecule has 5 heteroatoms. The fourth-order valence-corrected chi connectivity index (χ4v) is 2.78. The average molecular weight is 412 g/mol. The van der Waals surface area contributed by atoms with Crippen molar-refractivity contribution >= 4 is 29.1 Å². The van der Waals surface area contributed by atoms with E-state index in [-0.39, 0.29) is 24.7 Å². The molecule has 3 nitrogen and oxygen atoms in total. The van der Waals surface area contributed by atoms with Crippen LogP contribution in [0.3, 0.4) is 0 Å². The van der Waals surface area contributed by atoms with Gasteiger partial charge in [0.15, 0.2) is 0 Å². The molecule has 0 spiro atoms. The molecule has 0 bridgehead atoms. The average Bonchev–Trinajstić information content (AvgIpc) is 2.73. The van der Waals surface area contributed by atoms with Gasteiger partial charge in [-0.05, 0) is 35.4 Å². The number of carbonyl (C=O) groups is 1. The Morgan fingerprint density at radius 3 is 2.00 bits per heavy atom. The number of nitrogens with one attached hydrogen (secondary N) is 1. The summed E-state index contributed by atoms with van der Waals surface area (Å²) in [6.07, 6.45) is -0.275. The number of amides is 1. The van der Waals surface area contributed by atoms with Gasteiger partial charge in [0.25, 0.3) is 0 Å². The Kier molecular flexibility index (Phi) is 13.7. The topological polar surface area (TPSA) is 38.3 Å². The molecule has 0 saturated carbocycles. The first-order chi connectivity index (χ1) is 13.1. The fraction of sp³-hybridized carbons (Fsp3) is 0.409. The van der Waals surface area contributed by atoms with Gasteiger partial charge >= 0.3 is 0 Å². The molecule has 3 rings (SSSR count). The number of benzene rings is 2. The van der Waals surface area contributed by atoms with E-state index >= 15 is 0 Å². The fourth-order valence-electron chi connectivity index (χ4n) is 2.45. The summed E-state index contributed by atoms with van der Waals surface area (Å²) in [6.45, 7) is 12.0. The number of halogens is 2. The van der Waals surface area contributed by atoms with Crippen LogP contribution in [-0.4, -0.2) is 12.5 Å². The SMILES string of the molecule is CC.CC.CC.O=C1COC(c2cccc(Cl)c2)C(c2ccc(Cl)cc2)N1. The molecular weight excluding hydrogens is 381 g/mol. The maximum absolute atomic E-state index is 11.7. The first-order valence-corrected chi connectivity index (χ1v) is 10.3. The number of hydrogen-bond donors (Lipinski definition) is 1. The Morgan fingerprint density at radius 1 is 0.852 bits per heavy atom. The molecule has 1 aliphatic rings. The molecule has 1 aliphatic heterocycles. The van der Waals surface area contributed by atoms with E-state index in [4.69, 9.17) is 27.9 Å². The van der Waals surface area contributed by atoms with Crippen molar-refractivity contribution in [2.45, 2.75) is 53.7 Å². The van der Waals surface area contributed by atoms with Crippen LogP contribution in [0, 0.1) is 0 Å². The van der Waals surface area contributed by atoms with Crippen LogP contribution >= 0.6 is 23.2 Å². The van der Waals surface area contributed by atoms with Crippen molar-refractivity contribution in [3.05, 3.63) is 69.7 Å². The van der Waals surface area contributed by atoms with E-state index in [1.807, 2.05) is 77.9 Å². The van der Waals surface area contributed by atoms with Gasteiger partial charge in [0, 0.05) is 10.0 Å². The predicted octanol–water partition coefficient (Wildman–Crippen LogP) is 7.00. The lowest BCUT2D eigenvalue weighted by Crippen LogP contribution is -2.41. The molecule has 2 unspecified atom stereocenters. The van der Waals surface area contributed by atoms with E-state index in [0.29, 0.717) is 10.0 Å². The van der Waals surface area contributed by atoms with Gasteiger partial charge < -0.3 is 10.1 Å². The van der Waals surface area contributed by atoms with Crippen molar-refractivity contribution in [3.63, 3.8) is 0 Å². The van der Waals surface area contributed by atoms with Gasteiger partial charge in [-0.3, -0.25) is 4.79 Å². The zero-order chi connectivity index (χ0) is 20.8. The van der Waals surface area contributed by atoms with Crippen LogP contribution in [0.5, 0.6) is 0 Å². The molecule has 1 heterocycles. The summed E-state index contributed by atoms with van der Waals surface area (Å²) in [5.74, 6) is -0.131. The van der Waals surface area contributed by atoms with Gasteiger partial charge in [-0.15, -0.1) is 0 Å². The highest BCUT2D eigenvalue weighted by Gasteiger charge is 2.32. The standard InChI is InChI=1S/C16H13Cl2NO2.3C2H6/c17-12-6-4-10(5-7-12)15-16(21-9-14(20)19-15)11-2-1-3-13(18)8-11;3*1-2/h1-8,15-16H,9H2,(H,19,20);3*1-2H3. The van der Waals surface area contributed by atoms with Crippen LogP contribution in [0.2, 0.25) is 10.0 Å². The Labute approximate surface area is 174 Å². The van der Waals surface area contributed by atoms with Gasteiger partial charge in [0.1, 0.15) is 12.7 Å². The second-order valence-corrected chi connectivity index (χ2v) is 5.76. The maximum Gasteiger partial charge on any atom is 0.246 e. The molecule has 1 amide bonds. The summed E-state index contributed by atoms with van der Waals surface area (Å²) >= 11 is 12.0. The van der Waals surface area contributed by atoms with Crippen molar-refractivity contribution in [2.24, 2.45) is 0 Å². The molecular formula is C22H31Cl2NO2. The lowest BCUT2D eigenvalue weighted by molar-refractivity contribution is -0.137. The minimum atomic E-state index is -0.275. The van der Waals surface area contributed by atoms with Crippen molar-refractivity contribution in [3.8, 4) is 0 Å². The highest BCUT2D eigenvalue weighted by Crippen LogP contribution is 2.35. The monoisotopic (exact) mass is 411 g/mol. The highest BCUT2D eigenvalue weighted by molar-refractivity contribution is 6.30. The van der Waals surface area contributed by atoms with E-state index in [9.17, 15) is 4.79 Å². The summed E-state index contributed by atoms with van der Waals surface area (Å²) in [5.41, 5.74) is 1.87. The van der Waals surface area contributed by atoms with Gasteiger partial charge in [0.05, 0.1) is 6.04 Å². The number of ether oxygens (including phenoxy) is 1. The van der Waals surface area contributed by atoms with Gasteiger partial charge in [-0.2, -0.15) is 0 Å². The van der Waals surface area contributed by atoms with Crippen LogP contribution < -0.4 is 5.32 Å². The van der Waals surface area contributed by atoms with Gasteiger partial charge in [-0.1, -0.05) is 89.0 Å². The number of carbonyl (C=O) groups excluding carboxylic acids is 1. The van der Waals surface area contributed by atoms with Crippen LogP contribution in [-0.2, 0) is 9.53 Å². The Morgan fingerprint density at radius 2 is 1.44 bits per heavy atom. The van der Waals surface area contributed by atoms with Crippen molar-refractivity contribution in [2.75, 3.05) is 6.61 Å². The summed E-state index contributed by atoms with van der Waals surface area (Å²) in [5, 5.41) is 4.27. The van der Waals surface area contributed by atoms with Crippen molar-refractivity contribution in [1.29, 1.82) is 0 Å². The molecule has 27 heavy (non-hydrogen) atoms. The summed E-state index contributed by atoms with van der Waals surface area (Å²) in [7, 11) is 0. The molecule has 1 N–H and O–H groups in total. The molecule has 0 aromatic heterocycles. The minimum absolute atomic E-state index is 0.0429. The third kappa shape index (κ3) is 7.92. The number of hydrogen-bond acceptors (Lipinski definition) is 2. The quantitative estimate of drug-likeness (QED) is 0.577. The minimum Gasteiger partial charge on any atom is -0.361 e. The highest BCUT2D eigenvalue weighted by atomic mass is 35.5. The second-order valence-electron chi connectivity index (χ2n) is 4.88. The number of rotatable bonds is 2. The molecule has 1 fully saturated rings. The molecule has 0 aliphatic carbocycles. The first-order valence-electron chi connectivity index (χ1n) is 9.55. The van der Waals surface area contributed by atoms with Crippen LogP contribution in [0.25, 0.3) is 0 Å². The predicted molar refractivity (Wildman–Crippen MR) is 117 cm³/mol. The van der Waals surface area contributed by atoms with Crippen molar-refractivity contribution < 1.29 is 9.53 Å². The normalized spacial score (nSPS) is 17.7. The number of morpholine rings is 1. The van der Waals surface area contributed by atoms with E-state index in [0.717, 1.165) is 11.1 Å². The Bertz CT molecular complexity index is 660. The van der Waals surface area contributed by atoms with Crippen molar-refractivity contribution in [1.82, 2.24) is 5.32 Å². The lowest BCUT2D eigenvalue weighted by atomic mass is 9.94. The van der Waals surface area contributed by atoms with Crippen LogP contribution in [0.4, 0.5) is 0 Å². The van der Waals surface area contributed by atoms with Crippen LogP contribution in [0.1, 0.15) is 64.8 Å². The molecule has 2 aromatic carbocycles. The molecule has 150 valence electrons. The zero-order valence-electron chi connectivity index (χ0n) is 17.1. The third-order valence-corrected chi connectivity index (χ3v) is 3.91. The first kappa shape index (κ1) is 25.4. The molecule has 2 aromatic rings. The van der Waals surface area contributed by atoms with E-state index < -0.39 is 0 Å². The molecule has 0 radical (unpaired) electrons. The maximum atomic E-state index is 11.7. The summed E-state index contributed by atoms with van der Waals surface area (Å²) in [6, 6.07) is 14.6. The van der Waals surface area contributed by atoms with Crippen LogP contribution in [0.15, 0.2) is 48.5 Å². The third-order valence-electron chi connectivity index (χ3n) is 3.42. The summed E-state index contributed by atoms with van der Waals surface area (Å²) < 4.78 is 5.72. The summed E-state index contributed by atoms with van der Waals surface area (Å²) in [4.78, 5) is 11.7. The Hall–Kier alpha value is -1.55. The van der Waals surface area contributed by atoms with E-state index in [2.05, 4.69) is 5.32 Å². The molecule has 1 saturated heterocycles. The van der Waals surface area contributed by atoms with Gasteiger partial charge in [0.2, 0.25) is 5.91 Å². The second kappa shape index (κ2) is 14.5. The smallest absolute Gasteiger partial charge is 0.246 e. The van der Waals surface area contributed by atoms with Gasteiger partial charge in [-0.25, -0.2) is 0 Å². The largest absolute Gasteiger partial charge is 0.361 e. The molecule has 2 atom stereocenters.